The monoisotopic (exact) mass is 201 g/mol. The molecule has 0 aromatic heterocycles. The normalized spacial score (nSPS) is 12.1. The maximum atomic E-state index is 11.4. The fraction of sp³-hybridized carbons (Fsp3) is 0.625. The zero-order valence-electron chi connectivity index (χ0n) is 8.50. The lowest BCUT2D eigenvalue weighted by atomic mass is 9.96. The summed E-state index contributed by atoms with van der Waals surface area (Å²) in [7, 11) is 0. The number of rotatable bonds is 3. The molecule has 0 saturated heterocycles. The predicted octanol–water partition coefficient (Wildman–Crippen LogP) is -0.318. The Morgan fingerprint density at radius 1 is 1.50 bits per heavy atom. The minimum absolute atomic E-state index is 0.0111. The smallest absolute Gasteiger partial charge is 0.230 e. The van der Waals surface area contributed by atoms with Crippen LogP contribution >= 0.6 is 0 Å². The van der Waals surface area contributed by atoms with Gasteiger partial charge in [0.25, 0.3) is 0 Å². The van der Waals surface area contributed by atoms with E-state index in [9.17, 15) is 9.59 Å². The van der Waals surface area contributed by atoms with Gasteiger partial charge in [0.05, 0.1) is 6.54 Å². The highest BCUT2D eigenvalue weighted by Gasteiger charge is 2.22. The Balaban J connectivity index is 4.20. The van der Waals surface area contributed by atoms with Gasteiger partial charge in [0.15, 0.2) is 5.84 Å². The molecule has 6 nitrogen and oxygen atoms in total. The molecule has 2 amide bonds. The molecular weight excluding hydrogens is 186 g/mol. The Morgan fingerprint density at radius 2 is 2.07 bits per heavy atom. The standard InChI is InChI=1S/C8H15N3O3/c1-8(2,3)7(13)10-6(11-14)4-9-5-12/h5,14H,4H2,1-3H3,(H,9,12)(H,10,11,13). The lowest BCUT2D eigenvalue weighted by molar-refractivity contribution is -0.127. The van der Waals surface area contributed by atoms with Crippen molar-refractivity contribution >= 4 is 18.2 Å². The second-order valence-electron chi connectivity index (χ2n) is 3.75. The van der Waals surface area contributed by atoms with Gasteiger partial charge in [0.1, 0.15) is 0 Å². The van der Waals surface area contributed by atoms with Crippen LogP contribution in [0.25, 0.3) is 0 Å². The van der Waals surface area contributed by atoms with Crippen molar-refractivity contribution in [1.82, 2.24) is 10.6 Å². The number of nitrogens with one attached hydrogen (secondary N) is 2. The van der Waals surface area contributed by atoms with Crippen LogP contribution in [0, 0.1) is 5.41 Å². The van der Waals surface area contributed by atoms with Gasteiger partial charge in [-0.25, -0.2) is 0 Å². The number of hydrogen-bond donors (Lipinski definition) is 3. The molecule has 0 spiro atoms. The molecular formula is C8H15N3O3. The zero-order valence-corrected chi connectivity index (χ0v) is 8.50. The maximum Gasteiger partial charge on any atom is 0.230 e. The van der Waals surface area contributed by atoms with Crippen molar-refractivity contribution in [2.45, 2.75) is 20.8 Å². The van der Waals surface area contributed by atoms with Crippen LogP contribution < -0.4 is 10.6 Å². The summed E-state index contributed by atoms with van der Waals surface area (Å²) in [5.41, 5.74) is -0.572. The Labute approximate surface area is 82.4 Å². The topological polar surface area (TPSA) is 90.8 Å². The van der Waals surface area contributed by atoms with E-state index in [0.717, 1.165) is 0 Å². The summed E-state index contributed by atoms with van der Waals surface area (Å²) in [6.45, 7) is 5.17. The van der Waals surface area contributed by atoms with Crippen LogP contribution in [0.1, 0.15) is 20.8 Å². The molecule has 0 aliphatic heterocycles. The van der Waals surface area contributed by atoms with Crippen LogP contribution in [0.5, 0.6) is 0 Å². The lowest BCUT2D eigenvalue weighted by Gasteiger charge is -2.17. The van der Waals surface area contributed by atoms with Gasteiger partial charge in [-0.3, -0.25) is 9.59 Å². The van der Waals surface area contributed by atoms with Crippen LogP contribution in [0.15, 0.2) is 5.16 Å². The Bertz CT molecular complexity index is 243. The van der Waals surface area contributed by atoms with E-state index in [4.69, 9.17) is 5.21 Å². The highest BCUT2D eigenvalue weighted by atomic mass is 16.4. The molecule has 0 heterocycles. The van der Waals surface area contributed by atoms with Crippen molar-refractivity contribution in [2.24, 2.45) is 10.6 Å². The second-order valence-corrected chi connectivity index (χ2v) is 3.75. The van der Waals surface area contributed by atoms with Crippen molar-refractivity contribution in [1.29, 1.82) is 0 Å². The van der Waals surface area contributed by atoms with Gasteiger partial charge in [-0.1, -0.05) is 25.9 Å². The van der Waals surface area contributed by atoms with Gasteiger partial charge in [-0.2, -0.15) is 0 Å². The summed E-state index contributed by atoms with van der Waals surface area (Å²) in [4.78, 5) is 21.3. The summed E-state index contributed by atoms with van der Waals surface area (Å²) in [5.74, 6) is -0.268. The van der Waals surface area contributed by atoms with Gasteiger partial charge in [0, 0.05) is 5.41 Å². The number of amidine groups is 1. The first kappa shape index (κ1) is 12.4. The van der Waals surface area contributed by atoms with Gasteiger partial charge in [-0.15, -0.1) is 0 Å². The Hall–Kier alpha value is -1.59. The summed E-state index contributed by atoms with van der Waals surface area (Å²) in [6, 6.07) is 0. The van der Waals surface area contributed by atoms with Crippen molar-refractivity contribution in [3.05, 3.63) is 0 Å². The Kier molecular flexibility index (Phi) is 4.62. The summed E-state index contributed by atoms with van der Waals surface area (Å²) in [5, 5.41) is 16.0. The molecule has 80 valence electrons. The number of carbonyl (C=O) groups is 2. The molecule has 14 heavy (non-hydrogen) atoms. The predicted molar refractivity (Wildman–Crippen MR) is 50.9 cm³/mol. The van der Waals surface area contributed by atoms with Crippen molar-refractivity contribution in [3.63, 3.8) is 0 Å². The first-order valence-corrected chi connectivity index (χ1v) is 4.11. The van der Waals surface area contributed by atoms with Crippen LogP contribution in [0.4, 0.5) is 0 Å². The molecule has 3 N–H and O–H groups in total. The molecule has 0 fully saturated rings. The molecule has 0 aromatic rings. The van der Waals surface area contributed by atoms with Crippen LogP contribution in [-0.4, -0.2) is 29.9 Å². The molecule has 0 aromatic carbocycles. The quantitative estimate of drug-likeness (QED) is 0.192. The molecule has 0 aliphatic rings. The van der Waals surface area contributed by atoms with E-state index in [2.05, 4.69) is 15.8 Å². The number of carbonyl (C=O) groups excluding carboxylic acids is 2. The summed E-state index contributed by atoms with van der Waals surface area (Å²) >= 11 is 0. The maximum absolute atomic E-state index is 11.4. The molecule has 0 unspecified atom stereocenters. The SMILES string of the molecule is CC(C)(C)C(=O)N/C(CNC=O)=N/O. The average Bonchev–Trinajstić information content (AvgIpc) is 2.10. The number of nitrogens with zero attached hydrogens (tertiary/aromatic N) is 1. The highest BCUT2D eigenvalue weighted by molar-refractivity contribution is 6.01. The van der Waals surface area contributed by atoms with E-state index in [1.54, 1.807) is 20.8 Å². The van der Waals surface area contributed by atoms with E-state index >= 15 is 0 Å². The molecule has 0 atom stereocenters. The third-order valence-corrected chi connectivity index (χ3v) is 1.41. The molecule has 0 bridgehead atoms. The minimum atomic E-state index is -0.572. The highest BCUT2D eigenvalue weighted by Crippen LogP contribution is 2.12. The van der Waals surface area contributed by atoms with Crippen molar-refractivity contribution < 1.29 is 14.8 Å². The average molecular weight is 201 g/mol. The van der Waals surface area contributed by atoms with Crippen molar-refractivity contribution in [2.75, 3.05) is 6.54 Å². The molecule has 0 rings (SSSR count). The van der Waals surface area contributed by atoms with Gasteiger partial charge < -0.3 is 15.8 Å². The number of hydrogen-bond acceptors (Lipinski definition) is 4. The van der Waals surface area contributed by atoms with Gasteiger partial charge in [0.2, 0.25) is 12.3 Å². The third kappa shape index (κ3) is 4.44. The third-order valence-electron chi connectivity index (χ3n) is 1.41. The fourth-order valence-corrected chi connectivity index (χ4v) is 0.561. The lowest BCUT2D eigenvalue weighted by Crippen LogP contribution is -2.43. The first-order valence-electron chi connectivity index (χ1n) is 4.11. The van der Waals surface area contributed by atoms with E-state index in [-0.39, 0.29) is 18.3 Å². The van der Waals surface area contributed by atoms with Crippen molar-refractivity contribution in [3.8, 4) is 0 Å². The van der Waals surface area contributed by atoms with Crippen LogP contribution in [0.3, 0.4) is 0 Å². The summed E-state index contributed by atoms with van der Waals surface area (Å²) < 4.78 is 0. The molecule has 0 aliphatic carbocycles. The molecule has 0 radical (unpaired) electrons. The van der Waals surface area contributed by atoms with E-state index < -0.39 is 5.41 Å². The van der Waals surface area contributed by atoms with E-state index in [1.165, 1.54) is 0 Å². The summed E-state index contributed by atoms with van der Waals surface area (Å²) in [6.07, 6.45) is 0.453. The van der Waals surface area contributed by atoms with E-state index in [1.807, 2.05) is 0 Å². The van der Waals surface area contributed by atoms with E-state index in [0.29, 0.717) is 6.41 Å². The number of amides is 2. The molecule has 6 heteroatoms. The number of oxime groups is 1. The largest absolute Gasteiger partial charge is 0.409 e. The Morgan fingerprint density at radius 3 is 2.43 bits per heavy atom. The van der Waals surface area contributed by atoms with Gasteiger partial charge >= 0.3 is 0 Å². The zero-order chi connectivity index (χ0) is 11.2. The van der Waals surface area contributed by atoms with Gasteiger partial charge in [-0.05, 0) is 0 Å². The first-order chi connectivity index (χ1) is 6.41. The van der Waals surface area contributed by atoms with Crippen LogP contribution in [0.2, 0.25) is 0 Å². The fourth-order valence-electron chi connectivity index (χ4n) is 0.561. The van der Waals surface area contributed by atoms with Crippen LogP contribution in [-0.2, 0) is 9.59 Å². The molecule has 0 saturated carbocycles. The minimum Gasteiger partial charge on any atom is -0.409 e. The second kappa shape index (κ2) is 5.21.